The molecular formula is C19H22F2N2. The highest BCUT2D eigenvalue weighted by molar-refractivity contribution is 5.32. The van der Waals surface area contributed by atoms with Gasteiger partial charge in [-0.05, 0) is 55.3 Å². The van der Waals surface area contributed by atoms with Crippen molar-refractivity contribution >= 4 is 0 Å². The van der Waals surface area contributed by atoms with E-state index in [-0.39, 0.29) is 17.7 Å². The lowest BCUT2D eigenvalue weighted by atomic mass is 9.94. The Bertz CT molecular complexity index is 571. The van der Waals surface area contributed by atoms with Crippen LogP contribution in [0.2, 0.25) is 0 Å². The topological polar surface area (TPSA) is 15.3 Å². The second-order valence-corrected chi connectivity index (χ2v) is 6.10. The Kier molecular flexibility index (Phi) is 5.03. The van der Waals surface area contributed by atoms with Gasteiger partial charge >= 0.3 is 0 Å². The summed E-state index contributed by atoms with van der Waals surface area (Å²) in [5.41, 5.74) is 2.09. The molecule has 1 N–H and O–H groups in total. The Morgan fingerprint density at radius 2 is 1.30 bits per heavy atom. The summed E-state index contributed by atoms with van der Waals surface area (Å²) in [6.07, 6.45) is 2.16. The quantitative estimate of drug-likeness (QED) is 0.924. The zero-order valence-corrected chi connectivity index (χ0v) is 13.3. The molecule has 0 saturated carbocycles. The summed E-state index contributed by atoms with van der Waals surface area (Å²) in [4.78, 5) is 2.40. The van der Waals surface area contributed by atoms with Crippen LogP contribution in [0.15, 0.2) is 48.5 Å². The van der Waals surface area contributed by atoms with Gasteiger partial charge in [0.25, 0.3) is 0 Å². The van der Waals surface area contributed by atoms with Gasteiger partial charge in [-0.1, -0.05) is 24.3 Å². The normalized spacial score (nSPS) is 16.9. The molecule has 3 rings (SSSR count). The Labute approximate surface area is 136 Å². The highest BCUT2D eigenvalue weighted by atomic mass is 19.1. The fourth-order valence-electron chi connectivity index (χ4n) is 3.35. The van der Waals surface area contributed by atoms with Crippen LogP contribution < -0.4 is 5.32 Å². The smallest absolute Gasteiger partial charge is 0.123 e. The van der Waals surface area contributed by atoms with Gasteiger partial charge in [-0.25, -0.2) is 8.78 Å². The number of hydrogen-bond acceptors (Lipinski definition) is 2. The van der Waals surface area contributed by atoms with Gasteiger partial charge in [-0.15, -0.1) is 0 Å². The first kappa shape index (κ1) is 16.1. The monoisotopic (exact) mass is 316 g/mol. The van der Waals surface area contributed by atoms with Crippen molar-refractivity contribution in [2.24, 2.45) is 0 Å². The Hall–Kier alpha value is -1.78. The van der Waals surface area contributed by atoms with Crippen LogP contribution in [0.25, 0.3) is 0 Å². The van der Waals surface area contributed by atoms with E-state index in [1.165, 1.54) is 24.3 Å². The van der Waals surface area contributed by atoms with E-state index in [4.69, 9.17) is 0 Å². The van der Waals surface area contributed by atoms with Gasteiger partial charge in [-0.2, -0.15) is 0 Å². The molecule has 1 fully saturated rings. The Morgan fingerprint density at radius 1 is 0.870 bits per heavy atom. The molecule has 4 heteroatoms. The minimum Gasteiger partial charge on any atom is -0.317 e. The van der Waals surface area contributed by atoms with E-state index in [2.05, 4.69) is 10.2 Å². The predicted molar refractivity (Wildman–Crippen MR) is 88.3 cm³/mol. The fraction of sp³-hybridized carbons (Fsp3) is 0.368. The van der Waals surface area contributed by atoms with Gasteiger partial charge < -0.3 is 5.32 Å². The van der Waals surface area contributed by atoms with Crippen molar-refractivity contribution in [3.8, 4) is 0 Å². The lowest BCUT2D eigenvalue weighted by Gasteiger charge is -2.38. The van der Waals surface area contributed by atoms with Crippen molar-refractivity contribution in [2.75, 3.05) is 20.1 Å². The number of piperidine rings is 1. The summed E-state index contributed by atoms with van der Waals surface area (Å²) in [6.45, 7) is 1.93. The molecule has 1 heterocycles. The third-order valence-corrected chi connectivity index (χ3v) is 4.67. The van der Waals surface area contributed by atoms with Crippen molar-refractivity contribution in [2.45, 2.75) is 24.9 Å². The summed E-state index contributed by atoms with van der Waals surface area (Å²) >= 11 is 0. The molecule has 0 atom stereocenters. The molecule has 0 radical (unpaired) electrons. The van der Waals surface area contributed by atoms with Crippen LogP contribution >= 0.6 is 0 Å². The Morgan fingerprint density at radius 3 is 1.70 bits per heavy atom. The number of likely N-dealkylation sites (tertiary alicyclic amines) is 1. The minimum atomic E-state index is -0.236. The van der Waals surface area contributed by atoms with Crippen LogP contribution in [0.3, 0.4) is 0 Å². The second-order valence-electron chi connectivity index (χ2n) is 6.10. The predicted octanol–water partition coefficient (Wildman–Crippen LogP) is 3.74. The average molecular weight is 316 g/mol. The summed E-state index contributed by atoms with van der Waals surface area (Å²) in [5.74, 6) is -0.471. The molecule has 1 saturated heterocycles. The maximum atomic E-state index is 13.3. The van der Waals surface area contributed by atoms with Crippen LogP contribution in [0.4, 0.5) is 8.78 Å². The van der Waals surface area contributed by atoms with Gasteiger partial charge in [0.15, 0.2) is 0 Å². The number of rotatable bonds is 4. The molecule has 2 nitrogen and oxygen atoms in total. The summed E-state index contributed by atoms with van der Waals surface area (Å²) in [7, 11) is 2.00. The molecule has 0 aromatic heterocycles. The van der Waals surface area contributed by atoms with E-state index < -0.39 is 0 Å². The van der Waals surface area contributed by atoms with E-state index in [1.807, 2.05) is 31.3 Å². The molecule has 0 bridgehead atoms. The highest BCUT2D eigenvalue weighted by Crippen LogP contribution is 2.31. The van der Waals surface area contributed by atoms with Gasteiger partial charge in [0.05, 0.1) is 6.04 Å². The number of nitrogens with zero attached hydrogens (tertiary/aromatic N) is 1. The van der Waals surface area contributed by atoms with Gasteiger partial charge in [0.1, 0.15) is 11.6 Å². The number of halogens is 2. The summed E-state index contributed by atoms with van der Waals surface area (Å²) < 4.78 is 26.5. The standard InChI is InChI=1S/C19H22F2N2/c1-22-18-10-12-23(13-11-18)19(14-2-6-16(20)7-3-14)15-4-8-17(21)9-5-15/h2-9,18-19,22H,10-13H2,1H3. The third kappa shape index (κ3) is 3.77. The third-order valence-electron chi connectivity index (χ3n) is 4.67. The van der Waals surface area contributed by atoms with Crippen molar-refractivity contribution in [3.63, 3.8) is 0 Å². The molecule has 23 heavy (non-hydrogen) atoms. The van der Waals surface area contributed by atoms with Crippen molar-refractivity contribution in [1.29, 1.82) is 0 Å². The largest absolute Gasteiger partial charge is 0.317 e. The molecular weight excluding hydrogens is 294 g/mol. The number of benzene rings is 2. The summed E-state index contributed by atoms with van der Waals surface area (Å²) in [6, 6.07) is 13.9. The first-order valence-corrected chi connectivity index (χ1v) is 8.09. The first-order chi connectivity index (χ1) is 11.2. The van der Waals surface area contributed by atoms with Gasteiger partial charge in [0, 0.05) is 19.1 Å². The van der Waals surface area contributed by atoms with Gasteiger partial charge in [-0.3, -0.25) is 4.90 Å². The lowest BCUT2D eigenvalue weighted by Crippen LogP contribution is -2.43. The highest BCUT2D eigenvalue weighted by Gasteiger charge is 2.26. The van der Waals surface area contributed by atoms with Crippen LogP contribution in [0, 0.1) is 11.6 Å². The van der Waals surface area contributed by atoms with E-state index in [0.29, 0.717) is 6.04 Å². The van der Waals surface area contributed by atoms with Crippen molar-refractivity contribution < 1.29 is 8.78 Å². The molecule has 0 aliphatic carbocycles. The zero-order valence-electron chi connectivity index (χ0n) is 13.3. The van der Waals surface area contributed by atoms with E-state index in [1.54, 1.807) is 0 Å². The fourth-order valence-corrected chi connectivity index (χ4v) is 3.35. The minimum absolute atomic E-state index is 0.0361. The second kappa shape index (κ2) is 7.20. The lowest BCUT2D eigenvalue weighted by molar-refractivity contribution is 0.166. The van der Waals surface area contributed by atoms with E-state index in [0.717, 1.165) is 37.1 Å². The SMILES string of the molecule is CNC1CCN(C(c2ccc(F)cc2)c2ccc(F)cc2)CC1. The molecule has 2 aromatic carbocycles. The van der Waals surface area contributed by atoms with Crippen LogP contribution in [0.1, 0.15) is 30.0 Å². The molecule has 122 valence electrons. The van der Waals surface area contributed by atoms with Gasteiger partial charge in [0.2, 0.25) is 0 Å². The Balaban J connectivity index is 1.90. The maximum absolute atomic E-state index is 13.3. The van der Waals surface area contributed by atoms with E-state index in [9.17, 15) is 8.78 Å². The number of hydrogen-bond donors (Lipinski definition) is 1. The number of nitrogens with one attached hydrogen (secondary N) is 1. The first-order valence-electron chi connectivity index (χ1n) is 8.09. The van der Waals surface area contributed by atoms with E-state index >= 15 is 0 Å². The van der Waals surface area contributed by atoms with Crippen LogP contribution in [-0.2, 0) is 0 Å². The van der Waals surface area contributed by atoms with Crippen LogP contribution in [-0.4, -0.2) is 31.1 Å². The molecule has 0 unspecified atom stereocenters. The molecule has 2 aromatic rings. The molecule has 1 aliphatic heterocycles. The van der Waals surface area contributed by atoms with Crippen molar-refractivity contribution in [3.05, 3.63) is 71.3 Å². The maximum Gasteiger partial charge on any atom is 0.123 e. The van der Waals surface area contributed by atoms with Crippen molar-refractivity contribution in [1.82, 2.24) is 10.2 Å². The molecule has 0 spiro atoms. The summed E-state index contributed by atoms with van der Waals surface area (Å²) in [5, 5.41) is 3.33. The average Bonchev–Trinajstić information content (AvgIpc) is 2.59. The molecule has 0 amide bonds. The molecule has 1 aliphatic rings. The van der Waals surface area contributed by atoms with Crippen LogP contribution in [0.5, 0.6) is 0 Å². The zero-order chi connectivity index (χ0) is 16.2.